The van der Waals surface area contributed by atoms with Crippen LogP contribution in [0.25, 0.3) is 11.0 Å². The zero-order valence-electron chi connectivity index (χ0n) is 10.6. The third-order valence-electron chi connectivity index (χ3n) is 3.31. The number of hydrogen-bond acceptors (Lipinski definition) is 8. The van der Waals surface area contributed by atoms with Gasteiger partial charge in [-0.1, -0.05) is 5.21 Å². The fourth-order valence-corrected chi connectivity index (χ4v) is 2.77. The van der Waals surface area contributed by atoms with Gasteiger partial charge in [-0.3, -0.25) is 0 Å². The second-order valence-corrected chi connectivity index (χ2v) is 5.25. The lowest BCUT2D eigenvalue weighted by atomic mass is 10.1. The van der Waals surface area contributed by atoms with Crippen molar-refractivity contribution >= 4 is 22.8 Å². The number of hydrogen-bond donors (Lipinski definition) is 3. The Labute approximate surface area is 118 Å². The molecule has 1 fully saturated rings. The van der Waals surface area contributed by atoms with E-state index in [2.05, 4.69) is 15.3 Å². The second-order valence-electron chi connectivity index (χ2n) is 4.45. The molecule has 0 aromatic carbocycles. The van der Waals surface area contributed by atoms with Gasteiger partial charge in [0.1, 0.15) is 28.9 Å². The van der Waals surface area contributed by atoms with E-state index < -0.39 is 24.5 Å². The maximum atomic E-state index is 10.0. The Morgan fingerprint density at radius 1 is 1.40 bits per heavy atom. The van der Waals surface area contributed by atoms with Gasteiger partial charge in [-0.25, -0.2) is 9.67 Å². The molecule has 3 N–H and O–H groups in total. The van der Waals surface area contributed by atoms with Crippen LogP contribution in [0.3, 0.4) is 0 Å². The molecular formula is C11H14N4O4S. The Morgan fingerprint density at radius 3 is 2.85 bits per heavy atom. The standard InChI is InChI=1S/C11H14N4O4S/c1-20-10-7-5(2-3-12-10)15(14-13-7)11-9(18)8(17)6(4-16)19-11/h2-3,6,8-9,11,16-18H,4H2,1H3. The van der Waals surface area contributed by atoms with E-state index in [0.29, 0.717) is 11.0 Å². The average molecular weight is 298 g/mol. The van der Waals surface area contributed by atoms with E-state index in [-0.39, 0.29) is 6.61 Å². The zero-order valence-corrected chi connectivity index (χ0v) is 11.4. The molecule has 1 aliphatic rings. The molecule has 0 saturated carbocycles. The zero-order chi connectivity index (χ0) is 14.3. The summed E-state index contributed by atoms with van der Waals surface area (Å²) in [5, 5.41) is 37.7. The molecule has 3 heterocycles. The number of pyridine rings is 1. The van der Waals surface area contributed by atoms with E-state index in [1.165, 1.54) is 16.4 Å². The molecule has 1 aliphatic heterocycles. The van der Waals surface area contributed by atoms with E-state index in [1.807, 2.05) is 6.26 Å². The van der Waals surface area contributed by atoms with Crippen LogP contribution in [0.1, 0.15) is 6.23 Å². The lowest BCUT2D eigenvalue weighted by Gasteiger charge is -2.15. The second kappa shape index (κ2) is 5.26. The van der Waals surface area contributed by atoms with Gasteiger partial charge in [-0.05, 0) is 12.3 Å². The van der Waals surface area contributed by atoms with Gasteiger partial charge in [0, 0.05) is 6.20 Å². The smallest absolute Gasteiger partial charge is 0.181 e. The Balaban J connectivity index is 2.03. The molecule has 2 aromatic heterocycles. The molecule has 4 atom stereocenters. The van der Waals surface area contributed by atoms with Crippen molar-refractivity contribution in [1.29, 1.82) is 0 Å². The van der Waals surface area contributed by atoms with E-state index in [1.54, 1.807) is 12.3 Å². The molecule has 3 rings (SSSR count). The number of rotatable bonds is 3. The molecule has 1 saturated heterocycles. The third-order valence-corrected chi connectivity index (χ3v) is 3.99. The third kappa shape index (κ3) is 1.98. The number of aliphatic hydroxyl groups excluding tert-OH is 3. The predicted molar refractivity (Wildman–Crippen MR) is 70.1 cm³/mol. The summed E-state index contributed by atoms with van der Waals surface area (Å²) in [6.45, 7) is -0.376. The van der Waals surface area contributed by atoms with Gasteiger partial charge in [0.25, 0.3) is 0 Å². The summed E-state index contributed by atoms with van der Waals surface area (Å²) in [7, 11) is 0. The highest BCUT2D eigenvalue weighted by molar-refractivity contribution is 7.98. The molecule has 4 unspecified atom stereocenters. The first-order valence-electron chi connectivity index (χ1n) is 6.03. The van der Waals surface area contributed by atoms with Gasteiger partial charge in [-0.15, -0.1) is 16.9 Å². The van der Waals surface area contributed by atoms with Gasteiger partial charge in [0.05, 0.1) is 12.1 Å². The SMILES string of the molecule is CSc1nccc2c1nnn2C1OC(CO)C(O)C1O. The summed E-state index contributed by atoms with van der Waals surface area (Å²) in [5.41, 5.74) is 1.26. The van der Waals surface area contributed by atoms with Crippen LogP contribution in [-0.4, -0.2) is 66.5 Å². The first-order valence-corrected chi connectivity index (χ1v) is 7.26. The van der Waals surface area contributed by atoms with Crippen LogP contribution < -0.4 is 0 Å². The monoisotopic (exact) mass is 298 g/mol. The molecular weight excluding hydrogens is 284 g/mol. The summed E-state index contributed by atoms with van der Waals surface area (Å²) >= 11 is 1.44. The Hall–Kier alpha value is -1.26. The number of thioether (sulfide) groups is 1. The minimum absolute atomic E-state index is 0.376. The normalized spacial score (nSPS) is 30.2. The van der Waals surface area contributed by atoms with Gasteiger partial charge in [0.2, 0.25) is 0 Å². The van der Waals surface area contributed by atoms with Crippen molar-refractivity contribution < 1.29 is 20.1 Å². The molecule has 0 bridgehead atoms. The lowest BCUT2D eigenvalue weighted by molar-refractivity contribution is -0.0572. The predicted octanol–water partition coefficient (Wildman–Crippen LogP) is -0.840. The molecule has 108 valence electrons. The van der Waals surface area contributed by atoms with Gasteiger partial charge < -0.3 is 20.1 Å². The Bertz CT molecular complexity index is 621. The van der Waals surface area contributed by atoms with E-state index in [4.69, 9.17) is 9.84 Å². The van der Waals surface area contributed by atoms with Gasteiger partial charge in [-0.2, -0.15) is 0 Å². The Kier molecular flexibility index (Phi) is 3.61. The van der Waals surface area contributed by atoms with E-state index in [0.717, 1.165) is 5.03 Å². The summed E-state index contributed by atoms with van der Waals surface area (Å²) in [6.07, 6.45) is -0.558. The van der Waals surface area contributed by atoms with Crippen molar-refractivity contribution in [2.45, 2.75) is 29.6 Å². The van der Waals surface area contributed by atoms with Gasteiger partial charge >= 0.3 is 0 Å². The van der Waals surface area contributed by atoms with Crippen LogP contribution in [0, 0.1) is 0 Å². The first kappa shape index (κ1) is 13.7. The van der Waals surface area contributed by atoms with Crippen molar-refractivity contribution in [3.05, 3.63) is 12.3 Å². The van der Waals surface area contributed by atoms with Crippen LogP contribution in [0.5, 0.6) is 0 Å². The van der Waals surface area contributed by atoms with Crippen molar-refractivity contribution in [3.8, 4) is 0 Å². The topological polar surface area (TPSA) is 114 Å². The maximum Gasteiger partial charge on any atom is 0.181 e. The quantitative estimate of drug-likeness (QED) is 0.629. The summed E-state index contributed by atoms with van der Waals surface area (Å²) in [5.74, 6) is 0. The van der Waals surface area contributed by atoms with Crippen LogP contribution in [0.2, 0.25) is 0 Å². The fourth-order valence-electron chi connectivity index (χ4n) is 2.26. The largest absolute Gasteiger partial charge is 0.394 e. The summed E-state index contributed by atoms with van der Waals surface area (Å²) < 4.78 is 6.85. The minimum Gasteiger partial charge on any atom is -0.394 e. The maximum absolute atomic E-state index is 10.0. The van der Waals surface area contributed by atoms with Crippen LogP contribution >= 0.6 is 11.8 Å². The molecule has 0 amide bonds. The highest BCUT2D eigenvalue weighted by Gasteiger charge is 2.44. The number of nitrogens with zero attached hydrogens (tertiary/aromatic N) is 4. The van der Waals surface area contributed by atoms with Crippen LogP contribution in [-0.2, 0) is 4.74 Å². The molecule has 20 heavy (non-hydrogen) atoms. The number of ether oxygens (including phenoxy) is 1. The highest BCUT2D eigenvalue weighted by atomic mass is 32.2. The van der Waals surface area contributed by atoms with Crippen molar-refractivity contribution in [2.24, 2.45) is 0 Å². The molecule has 9 heteroatoms. The molecule has 8 nitrogen and oxygen atoms in total. The van der Waals surface area contributed by atoms with Gasteiger partial charge in [0.15, 0.2) is 6.23 Å². The molecule has 2 aromatic rings. The first-order chi connectivity index (χ1) is 9.67. The molecule has 0 radical (unpaired) electrons. The van der Waals surface area contributed by atoms with Crippen LogP contribution in [0.15, 0.2) is 17.3 Å². The Morgan fingerprint density at radius 2 is 2.20 bits per heavy atom. The summed E-state index contributed by atoms with van der Waals surface area (Å²) in [6, 6.07) is 1.71. The fraction of sp³-hybridized carbons (Fsp3) is 0.545. The summed E-state index contributed by atoms with van der Waals surface area (Å²) in [4.78, 5) is 4.18. The average Bonchev–Trinajstić information content (AvgIpc) is 3.01. The molecule has 0 aliphatic carbocycles. The number of aromatic nitrogens is 4. The van der Waals surface area contributed by atoms with Crippen molar-refractivity contribution in [2.75, 3.05) is 12.9 Å². The highest BCUT2D eigenvalue weighted by Crippen LogP contribution is 2.32. The van der Waals surface area contributed by atoms with E-state index in [9.17, 15) is 10.2 Å². The van der Waals surface area contributed by atoms with Crippen molar-refractivity contribution in [1.82, 2.24) is 20.0 Å². The lowest BCUT2D eigenvalue weighted by Crippen LogP contribution is -2.33. The van der Waals surface area contributed by atoms with Crippen LogP contribution in [0.4, 0.5) is 0 Å². The van der Waals surface area contributed by atoms with Crippen molar-refractivity contribution in [3.63, 3.8) is 0 Å². The molecule has 0 spiro atoms. The van der Waals surface area contributed by atoms with E-state index >= 15 is 0 Å². The minimum atomic E-state index is -1.18. The number of fused-ring (bicyclic) bond motifs is 1. The number of aliphatic hydroxyl groups is 3.